The second-order valence-corrected chi connectivity index (χ2v) is 15.8. The van der Waals surface area contributed by atoms with Crippen LogP contribution in [0, 0.1) is 0 Å². The maximum Gasteiger partial charge on any atom is 0.406 e. The van der Waals surface area contributed by atoms with Gasteiger partial charge in [-0.1, -0.05) is 12.1 Å². The van der Waals surface area contributed by atoms with Crippen LogP contribution in [0.1, 0.15) is 89.9 Å². The first-order valence-corrected chi connectivity index (χ1v) is 19.9. The molecular formula is C40H46F3N11O5. The molecule has 2 saturated carbocycles. The molecule has 4 amide bonds. The van der Waals surface area contributed by atoms with Crippen LogP contribution in [-0.2, 0) is 9.59 Å². The molecule has 8 rings (SSSR count). The van der Waals surface area contributed by atoms with E-state index in [1.807, 2.05) is 12.1 Å². The van der Waals surface area contributed by atoms with Crippen molar-refractivity contribution in [1.82, 2.24) is 34.9 Å². The Bertz CT molecular complexity index is 2190. The Hall–Kier alpha value is -5.82. The molecule has 3 aromatic heterocycles. The predicted octanol–water partition coefficient (Wildman–Crippen LogP) is 4.10. The van der Waals surface area contributed by atoms with E-state index in [9.17, 15) is 32.3 Å². The van der Waals surface area contributed by atoms with E-state index in [-0.39, 0.29) is 52.2 Å². The average molecular weight is 818 g/mol. The number of rotatable bonds is 12. The summed E-state index contributed by atoms with van der Waals surface area (Å²) >= 11 is 0. The number of hydrogen-bond donors (Lipinski definition) is 4. The number of nitrogens with two attached hydrogens (primary N) is 2. The first kappa shape index (κ1) is 40.0. The van der Waals surface area contributed by atoms with E-state index < -0.39 is 30.6 Å². The largest absolute Gasteiger partial charge is 0.444 e. The normalized spacial score (nSPS) is 24.3. The maximum atomic E-state index is 14.1. The van der Waals surface area contributed by atoms with Gasteiger partial charge in [0.25, 0.3) is 11.8 Å². The number of amides is 4. The standard InChI is InChI=1S/C40H46F3N11O5/c41-40(42,43)22-53(33-19-24(11-12-46-33)39-48-31(21-59-39)36(44)56)32-20-54(50-35(32)37(45)57)28-7-5-27(6-8-28)51-13-15-52(16-14-51)29-17-25(18-29)23-1-3-26(4-2-23)47-30-9-10-34(55)49-38(30)58/h1-4,11-12,19-21,25,27-30,47H,5-10,13-18,22H2,(H2,44,56)(H2,45,57)(H,49,55,58)/t25?,27?,28?,29?,30-/m1/s1. The summed E-state index contributed by atoms with van der Waals surface area (Å²) in [5, 5.41) is 10.1. The van der Waals surface area contributed by atoms with E-state index >= 15 is 0 Å². The molecule has 1 atom stereocenters. The van der Waals surface area contributed by atoms with E-state index in [4.69, 9.17) is 15.9 Å². The van der Waals surface area contributed by atoms with Crippen LogP contribution in [-0.4, -0.2) is 110 Å². The smallest absolute Gasteiger partial charge is 0.406 e. The fraction of sp³-hybridized carbons (Fsp3) is 0.475. The number of oxazole rings is 1. The SMILES string of the molecule is NC(=O)c1coc(-c2ccnc(N(CC(F)(F)F)c3cn(C4CCC(N5CCN(C6CC(c7ccc(N[C@@H]8CCC(=O)NC8=O)cc7)C6)CC5)CC4)nc3C(N)=O)c2)n1. The molecule has 5 heterocycles. The number of piperidine rings is 1. The monoisotopic (exact) mass is 817 g/mol. The number of nitrogens with zero attached hydrogens (tertiary/aromatic N) is 7. The highest BCUT2D eigenvalue weighted by atomic mass is 19.4. The van der Waals surface area contributed by atoms with Crippen LogP contribution in [0.3, 0.4) is 0 Å². The number of halogens is 3. The molecule has 4 aromatic rings. The summed E-state index contributed by atoms with van der Waals surface area (Å²) in [4.78, 5) is 61.9. The number of hydrogen-bond acceptors (Lipinski definition) is 12. The van der Waals surface area contributed by atoms with Gasteiger partial charge >= 0.3 is 6.18 Å². The lowest BCUT2D eigenvalue weighted by Crippen LogP contribution is -2.56. The Balaban J connectivity index is 0.849. The van der Waals surface area contributed by atoms with Crippen molar-refractivity contribution in [3.63, 3.8) is 0 Å². The zero-order valence-corrected chi connectivity index (χ0v) is 32.2. The summed E-state index contributed by atoms with van der Waals surface area (Å²) in [7, 11) is 0. The van der Waals surface area contributed by atoms with Gasteiger partial charge in [-0.2, -0.15) is 18.3 Å². The number of imide groups is 1. The number of anilines is 3. The van der Waals surface area contributed by atoms with Crippen LogP contribution in [0.25, 0.3) is 11.5 Å². The number of aromatic nitrogens is 4. The quantitative estimate of drug-likeness (QED) is 0.149. The highest BCUT2D eigenvalue weighted by Crippen LogP contribution is 2.41. The fourth-order valence-electron chi connectivity index (χ4n) is 8.83. The van der Waals surface area contributed by atoms with Crippen molar-refractivity contribution in [1.29, 1.82) is 0 Å². The highest BCUT2D eigenvalue weighted by molar-refractivity contribution is 6.01. The molecule has 1 aromatic carbocycles. The van der Waals surface area contributed by atoms with E-state index in [0.717, 1.165) is 81.6 Å². The van der Waals surface area contributed by atoms with Crippen molar-refractivity contribution in [3.8, 4) is 11.5 Å². The van der Waals surface area contributed by atoms with Crippen molar-refractivity contribution in [2.45, 2.75) is 87.6 Å². The van der Waals surface area contributed by atoms with Crippen LogP contribution >= 0.6 is 0 Å². The van der Waals surface area contributed by atoms with Crippen molar-refractivity contribution in [3.05, 3.63) is 72.0 Å². The summed E-state index contributed by atoms with van der Waals surface area (Å²) in [6, 6.07) is 11.4. The lowest BCUT2D eigenvalue weighted by atomic mass is 9.75. The van der Waals surface area contributed by atoms with E-state index in [0.29, 0.717) is 30.8 Å². The number of nitrogens with one attached hydrogen (secondary N) is 2. The number of pyridine rings is 1. The number of benzene rings is 1. The minimum Gasteiger partial charge on any atom is -0.444 e. The summed E-state index contributed by atoms with van der Waals surface area (Å²) in [5.41, 5.74) is 12.8. The van der Waals surface area contributed by atoms with Crippen molar-refractivity contribution in [2.24, 2.45) is 11.5 Å². The maximum absolute atomic E-state index is 14.1. The van der Waals surface area contributed by atoms with Gasteiger partial charge in [-0.3, -0.25) is 39.0 Å². The minimum atomic E-state index is -4.69. The lowest BCUT2D eigenvalue weighted by molar-refractivity contribution is -0.133. The second kappa shape index (κ2) is 16.4. The van der Waals surface area contributed by atoms with Crippen LogP contribution in [0.5, 0.6) is 0 Å². The number of alkyl halides is 3. The Morgan fingerprint density at radius 2 is 1.59 bits per heavy atom. The Kier molecular flexibility index (Phi) is 11.1. The van der Waals surface area contributed by atoms with Gasteiger partial charge in [0, 0.05) is 68.3 Å². The molecule has 4 fully saturated rings. The van der Waals surface area contributed by atoms with Crippen LogP contribution in [0.15, 0.2) is 59.5 Å². The fourth-order valence-corrected chi connectivity index (χ4v) is 8.83. The number of carbonyl (C=O) groups is 4. The predicted molar refractivity (Wildman–Crippen MR) is 208 cm³/mol. The Morgan fingerprint density at radius 3 is 2.22 bits per heavy atom. The molecule has 19 heteroatoms. The van der Waals surface area contributed by atoms with Gasteiger partial charge in [-0.15, -0.1) is 0 Å². The molecule has 2 aliphatic heterocycles. The van der Waals surface area contributed by atoms with Gasteiger partial charge in [0.2, 0.25) is 17.7 Å². The van der Waals surface area contributed by atoms with Gasteiger partial charge < -0.3 is 26.1 Å². The molecule has 0 radical (unpaired) electrons. The van der Waals surface area contributed by atoms with Crippen LogP contribution in [0.4, 0.5) is 30.4 Å². The molecule has 6 N–H and O–H groups in total. The van der Waals surface area contributed by atoms with Gasteiger partial charge in [0.1, 0.15) is 24.7 Å². The Morgan fingerprint density at radius 1 is 0.915 bits per heavy atom. The molecule has 0 spiro atoms. The summed E-state index contributed by atoms with van der Waals surface area (Å²) in [5.74, 6) is -2.02. The van der Waals surface area contributed by atoms with Crippen molar-refractivity contribution in [2.75, 3.05) is 42.9 Å². The summed E-state index contributed by atoms with van der Waals surface area (Å²) in [6.07, 6.45) is 5.33. The van der Waals surface area contributed by atoms with Crippen molar-refractivity contribution < 1.29 is 36.8 Å². The lowest BCUT2D eigenvalue weighted by Gasteiger charge is -2.48. The molecule has 312 valence electrons. The third-order valence-corrected chi connectivity index (χ3v) is 12.1. The topological polar surface area (TPSA) is 211 Å². The molecule has 2 aliphatic carbocycles. The van der Waals surface area contributed by atoms with Gasteiger partial charge in [0.05, 0.1) is 11.7 Å². The average Bonchev–Trinajstić information content (AvgIpc) is 3.88. The number of piperazine rings is 1. The number of carbonyl (C=O) groups excluding carboxylic acids is 4. The molecule has 16 nitrogen and oxygen atoms in total. The van der Waals surface area contributed by atoms with Gasteiger partial charge in [0.15, 0.2) is 11.4 Å². The molecule has 0 unspecified atom stereocenters. The van der Waals surface area contributed by atoms with Gasteiger partial charge in [-0.05, 0) is 80.7 Å². The molecule has 59 heavy (non-hydrogen) atoms. The first-order chi connectivity index (χ1) is 28.3. The molecular weight excluding hydrogens is 772 g/mol. The first-order valence-electron chi connectivity index (χ1n) is 19.9. The zero-order chi connectivity index (χ0) is 41.4. The molecule has 2 saturated heterocycles. The number of primary amides is 2. The van der Waals surface area contributed by atoms with Crippen LogP contribution < -0.4 is 27.0 Å². The Labute approximate surface area is 337 Å². The second-order valence-electron chi connectivity index (χ2n) is 15.8. The highest BCUT2D eigenvalue weighted by Gasteiger charge is 2.39. The third-order valence-electron chi connectivity index (χ3n) is 12.1. The molecule has 4 aliphatic rings. The summed E-state index contributed by atoms with van der Waals surface area (Å²) < 4.78 is 49.1. The molecule has 0 bridgehead atoms. The van der Waals surface area contributed by atoms with Crippen molar-refractivity contribution >= 4 is 40.8 Å². The van der Waals surface area contributed by atoms with E-state index in [1.54, 1.807) is 4.68 Å². The minimum absolute atomic E-state index is 0.0441. The zero-order valence-electron chi connectivity index (χ0n) is 32.2. The van der Waals surface area contributed by atoms with Gasteiger partial charge in [-0.25, -0.2) is 9.97 Å². The van der Waals surface area contributed by atoms with Crippen LogP contribution in [0.2, 0.25) is 0 Å². The van der Waals surface area contributed by atoms with E-state index in [1.165, 1.54) is 30.1 Å². The third kappa shape index (κ3) is 8.95. The summed E-state index contributed by atoms with van der Waals surface area (Å²) in [6.45, 7) is 2.43. The van der Waals surface area contributed by atoms with E-state index in [2.05, 4.69) is 47.6 Å².